The quantitative estimate of drug-likeness (QED) is 0.603. The number of hydrogen-bond donors (Lipinski definition) is 2. The van der Waals surface area contributed by atoms with Gasteiger partial charge in [-0.1, -0.05) is 28.9 Å². The van der Waals surface area contributed by atoms with Gasteiger partial charge in [0.1, 0.15) is 10.6 Å². The fraction of sp³-hybridized carbons (Fsp3) is 0.211. The normalized spacial score (nSPS) is 11.8. The van der Waals surface area contributed by atoms with Crippen molar-refractivity contribution in [3.8, 4) is 5.75 Å². The molecule has 0 saturated heterocycles. The van der Waals surface area contributed by atoms with Crippen LogP contribution in [0.5, 0.6) is 5.75 Å². The third-order valence-electron chi connectivity index (χ3n) is 3.68. The van der Waals surface area contributed by atoms with Gasteiger partial charge in [0.05, 0.1) is 7.11 Å². The molecule has 0 atom stereocenters. The molecule has 2 aromatic rings. The minimum atomic E-state index is -3.91. The molecule has 8 heteroatoms. The van der Waals surface area contributed by atoms with E-state index >= 15 is 0 Å². The van der Waals surface area contributed by atoms with Crippen LogP contribution in [0.1, 0.15) is 20.3 Å². The summed E-state index contributed by atoms with van der Waals surface area (Å²) in [4.78, 5) is 12.1. The van der Waals surface area contributed by atoms with Gasteiger partial charge in [-0.2, -0.15) is 0 Å². The van der Waals surface area contributed by atoms with Crippen LogP contribution in [-0.4, -0.2) is 21.4 Å². The molecule has 0 aliphatic rings. The smallest absolute Gasteiger partial charge is 0.265 e. The van der Waals surface area contributed by atoms with Crippen molar-refractivity contribution >= 4 is 43.2 Å². The molecule has 0 aliphatic carbocycles. The lowest BCUT2D eigenvalue weighted by molar-refractivity contribution is -0.112. The molecule has 0 heterocycles. The number of carbonyl (C=O) groups is 1. The second-order valence-corrected chi connectivity index (χ2v) is 8.29. The Balaban J connectivity index is 2.35. The van der Waals surface area contributed by atoms with Gasteiger partial charge in [-0.05, 0) is 55.8 Å². The predicted molar refractivity (Wildman–Crippen MR) is 111 cm³/mol. The first-order valence-corrected chi connectivity index (χ1v) is 10.5. The summed E-state index contributed by atoms with van der Waals surface area (Å²) in [5, 5.41) is 2.70. The summed E-state index contributed by atoms with van der Waals surface area (Å²) < 4.78 is 34.2. The fourth-order valence-electron chi connectivity index (χ4n) is 2.32. The number of ether oxygens (including phenoxy) is 1. The van der Waals surface area contributed by atoms with E-state index in [-0.39, 0.29) is 16.6 Å². The highest BCUT2D eigenvalue weighted by Gasteiger charge is 2.21. The van der Waals surface area contributed by atoms with Crippen molar-refractivity contribution in [3.63, 3.8) is 0 Å². The topological polar surface area (TPSA) is 84.5 Å². The molecule has 0 fully saturated rings. The van der Waals surface area contributed by atoms with Gasteiger partial charge in [0.25, 0.3) is 15.9 Å². The van der Waals surface area contributed by atoms with Crippen LogP contribution in [0.25, 0.3) is 0 Å². The fourth-order valence-corrected chi connectivity index (χ4v) is 3.84. The van der Waals surface area contributed by atoms with E-state index in [0.717, 1.165) is 10.9 Å². The molecule has 6 nitrogen and oxygen atoms in total. The number of allylic oxidation sites excluding steroid dienone is 1. The zero-order valence-corrected chi connectivity index (χ0v) is 17.6. The molecule has 2 aromatic carbocycles. The number of nitrogens with one attached hydrogen (secondary N) is 2. The summed E-state index contributed by atoms with van der Waals surface area (Å²) in [6.45, 7) is 3.64. The van der Waals surface area contributed by atoms with Gasteiger partial charge in [-0.15, -0.1) is 0 Å². The van der Waals surface area contributed by atoms with Gasteiger partial charge >= 0.3 is 0 Å². The highest BCUT2D eigenvalue weighted by Crippen LogP contribution is 2.29. The van der Waals surface area contributed by atoms with E-state index in [2.05, 4.69) is 26.0 Å². The molecule has 2 N–H and O–H groups in total. The molecule has 0 radical (unpaired) electrons. The van der Waals surface area contributed by atoms with Crippen LogP contribution in [0, 0.1) is 0 Å². The maximum Gasteiger partial charge on any atom is 0.265 e. The van der Waals surface area contributed by atoms with Crippen molar-refractivity contribution < 1.29 is 17.9 Å². The van der Waals surface area contributed by atoms with E-state index < -0.39 is 10.0 Å². The summed E-state index contributed by atoms with van der Waals surface area (Å²) >= 11 is 3.31. The lowest BCUT2D eigenvalue weighted by atomic mass is 10.2. The molecule has 0 spiro atoms. The Morgan fingerprint density at radius 3 is 2.37 bits per heavy atom. The van der Waals surface area contributed by atoms with E-state index in [1.807, 2.05) is 6.92 Å². The average molecular weight is 453 g/mol. The lowest BCUT2D eigenvalue weighted by Crippen LogP contribution is -2.16. The molecule has 0 saturated carbocycles. The van der Waals surface area contributed by atoms with E-state index in [0.29, 0.717) is 16.9 Å². The maximum atomic E-state index is 12.8. The SMILES string of the molecule is CCC=C(C)C(=O)Nc1ccc(OC)c(S(=O)(=O)Nc2ccc(Br)cc2)c1. The van der Waals surface area contributed by atoms with Crippen LogP contribution in [0.15, 0.2) is 63.5 Å². The third kappa shape index (κ3) is 5.58. The maximum absolute atomic E-state index is 12.8. The molecule has 0 aliphatic heterocycles. The van der Waals surface area contributed by atoms with Crippen molar-refractivity contribution in [1.82, 2.24) is 0 Å². The van der Waals surface area contributed by atoms with Crippen LogP contribution < -0.4 is 14.8 Å². The van der Waals surface area contributed by atoms with Gasteiger partial charge in [-0.25, -0.2) is 8.42 Å². The van der Waals surface area contributed by atoms with E-state index in [1.165, 1.54) is 19.2 Å². The van der Waals surface area contributed by atoms with Crippen LogP contribution in [0.4, 0.5) is 11.4 Å². The highest BCUT2D eigenvalue weighted by molar-refractivity contribution is 9.10. The van der Waals surface area contributed by atoms with E-state index in [9.17, 15) is 13.2 Å². The van der Waals surface area contributed by atoms with Gasteiger partial charge in [0.15, 0.2) is 0 Å². The summed E-state index contributed by atoms with van der Waals surface area (Å²) in [7, 11) is -2.52. The summed E-state index contributed by atoms with van der Waals surface area (Å²) in [5.74, 6) is -0.107. The Labute approximate surface area is 167 Å². The van der Waals surface area contributed by atoms with Gasteiger partial charge < -0.3 is 10.1 Å². The zero-order chi connectivity index (χ0) is 20.0. The van der Waals surface area contributed by atoms with Crippen LogP contribution in [0.2, 0.25) is 0 Å². The molecule has 0 unspecified atom stereocenters. The molecule has 144 valence electrons. The summed E-state index contributed by atoms with van der Waals surface area (Å²) in [5.41, 5.74) is 1.34. The average Bonchev–Trinajstić information content (AvgIpc) is 2.63. The minimum absolute atomic E-state index is 0.0668. The van der Waals surface area contributed by atoms with Crippen LogP contribution in [0.3, 0.4) is 0 Å². The first-order chi connectivity index (χ1) is 12.8. The van der Waals surface area contributed by atoms with Gasteiger partial charge in [0, 0.05) is 21.4 Å². The number of halogens is 1. The number of benzene rings is 2. The molecule has 1 amide bonds. The Bertz CT molecular complexity index is 954. The van der Waals surface area contributed by atoms with Crippen molar-refractivity contribution in [2.75, 3.05) is 17.1 Å². The first kappa shape index (κ1) is 21.0. The number of anilines is 2. The second kappa shape index (κ2) is 9.05. The van der Waals surface area contributed by atoms with E-state index in [1.54, 1.807) is 43.3 Å². The van der Waals surface area contributed by atoms with Gasteiger partial charge in [0.2, 0.25) is 0 Å². The Morgan fingerprint density at radius 2 is 1.78 bits per heavy atom. The minimum Gasteiger partial charge on any atom is -0.495 e. The number of hydrogen-bond acceptors (Lipinski definition) is 4. The van der Waals surface area contributed by atoms with Crippen LogP contribution >= 0.6 is 15.9 Å². The summed E-state index contributed by atoms with van der Waals surface area (Å²) in [6, 6.07) is 11.2. The monoisotopic (exact) mass is 452 g/mol. The second-order valence-electron chi connectivity index (χ2n) is 5.73. The largest absolute Gasteiger partial charge is 0.495 e. The third-order valence-corrected chi connectivity index (χ3v) is 5.61. The van der Waals surface area contributed by atoms with E-state index in [4.69, 9.17) is 4.74 Å². The van der Waals surface area contributed by atoms with Crippen molar-refractivity contribution in [1.29, 1.82) is 0 Å². The number of carbonyl (C=O) groups excluding carboxylic acids is 1. The zero-order valence-electron chi connectivity index (χ0n) is 15.2. The molecule has 27 heavy (non-hydrogen) atoms. The summed E-state index contributed by atoms with van der Waals surface area (Å²) in [6.07, 6.45) is 2.53. The number of sulfonamides is 1. The molecular weight excluding hydrogens is 432 g/mol. The van der Waals surface area contributed by atoms with Crippen molar-refractivity contribution in [2.24, 2.45) is 0 Å². The van der Waals surface area contributed by atoms with Crippen LogP contribution in [-0.2, 0) is 14.8 Å². The first-order valence-electron chi connectivity index (χ1n) is 8.21. The molecular formula is C19H21BrN2O4S. The number of rotatable bonds is 7. The number of amides is 1. The molecule has 2 rings (SSSR count). The lowest BCUT2D eigenvalue weighted by Gasteiger charge is -2.14. The predicted octanol–water partition coefficient (Wildman–Crippen LogP) is 4.55. The van der Waals surface area contributed by atoms with Crippen molar-refractivity contribution in [2.45, 2.75) is 25.2 Å². The number of methoxy groups -OCH3 is 1. The standard InChI is InChI=1S/C19H21BrN2O4S/c1-4-5-13(2)19(23)21-16-10-11-17(26-3)18(12-16)27(24,25)22-15-8-6-14(20)7-9-15/h5-12,22H,4H2,1-3H3,(H,21,23). The molecule has 0 bridgehead atoms. The Morgan fingerprint density at radius 1 is 1.15 bits per heavy atom. The Kier molecular flexibility index (Phi) is 7.04. The van der Waals surface area contributed by atoms with Gasteiger partial charge in [-0.3, -0.25) is 9.52 Å². The highest BCUT2D eigenvalue weighted by atomic mass is 79.9. The van der Waals surface area contributed by atoms with Crippen molar-refractivity contribution in [3.05, 3.63) is 58.6 Å². The Hall–Kier alpha value is -2.32. The molecule has 0 aromatic heterocycles.